The van der Waals surface area contributed by atoms with Gasteiger partial charge in [-0.15, -0.1) is 0 Å². The van der Waals surface area contributed by atoms with E-state index in [1.807, 2.05) is 18.8 Å². The van der Waals surface area contributed by atoms with Gasteiger partial charge in [-0.3, -0.25) is 9.01 Å². The van der Waals surface area contributed by atoms with Gasteiger partial charge in [0.1, 0.15) is 6.33 Å². The van der Waals surface area contributed by atoms with Crippen LogP contribution in [0.3, 0.4) is 0 Å². The Morgan fingerprint density at radius 2 is 2.27 bits per heavy atom. The maximum absolute atomic E-state index is 6.11. The summed E-state index contributed by atoms with van der Waals surface area (Å²) in [4.78, 5) is 3.88. The molecule has 62 valence electrons. The van der Waals surface area contributed by atoms with Gasteiger partial charge in [-0.25, -0.2) is 4.98 Å². The number of rotatable bonds is 2. The van der Waals surface area contributed by atoms with Gasteiger partial charge in [-0.05, 0) is 37.1 Å². The van der Waals surface area contributed by atoms with Crippen molar-refractivity contribution in [2.75, 3.05) is 14.1 Å². The van der Waals surface area contributed by atoms with E-state index in [1.54, 1.807) is 23.1 Å². The van der Waals surface area contributed by atoms with E-state index >= 15 is 0 Å². The quantitative estimate of drug-likeness (QED) is 0.693. The van der Waals surface area contributed by atoms with Crippen molar-refractivity contribution in [2.45, 2.75) is 0 Å². The first kappa shape index (κ1) is 9.20. The minimum absolute atomic E-state index is 1.65. The van der Waals surface area contributed by atoms with E-state index in [9.17, 15) is 0 Å². The zero-order valence-corrected chi connectivity index (χ0v) is 8.77. The van der Waals surface area contributed by atoms with Gasteiger partial charge in [-0.1, -0.05) is 0 Å². The lowest BCUT2D eigenvalue weighted by atomic mass is 11.0. The molecule has 6 heteroatoms. The molecule has 0 aromatic carbocycles. The molecule has 0 aliphatic carbocycles. The van der Waals surface area contributed by atoms with Crippen molar-refractivity contribution in [1.29, 1.82) is 0 Å². The summed E-state index contributed by atoms with van der Waals surface area (Å²) in [5.74, 6) is 0. The zero-order chi connectivity index (χ0) is 8.48. The molecule has 1 unspecified atom stereocenters. The van der Waals surface area contributed by atoms with Gasteiger partial charge in [0.25, 0.3) is 0 Å². The average molecular weight is 210 g/mol. The molecule has 0 saturated heterocycles. The van der Waals surface area contributed by atoms with Gasteiger partial charge in [0.15, 0.2) is 5.69 Å². The van der Waals surface area contributed by atoms with Crippen LogP contribution in [0.4, 0.5) is 0 Å². The fourth-order valence-corrected chi connectivity index (χ4v) is 1.99. The maximum atomic E-state index is 6.11. The van der Waals surface area contributed by atoms with E-state index in [4.69, 9.17) is 23.0 Å². The van der Waals surface area contributed by atoms with Gasteiger partial charge in [0.05, 0.1) is 0 Å². The van der Waals surface area contributed by atoms with Crippen LogP contribution in [0.2, 0.25) is 0 Å². The molecule has 0 aliphatic rings. The number of hydrogen-bond donors (Lipinski definition) is 0. The molecule has 0 bridgehead atoms. The highest BCUT2D eigenvalue weighted by atomic mass is 35.7. The van der Waals surface area contributed by atoms with Crippen LogP contribution in [0.25, 0.3) is 0 Å². The predicted octanol–water partition coefficient (Wildman–Crippen LogP) is 1.76. The van der Waals surface area contributed by atoms with Crippen LogP contribution in [0.1, 0.15) is 0 Å². The molecule has 11 heavy (non-hydrogen) atoms. The van der Waals surface area contributed by atoms with Gasteiger partial charge in [0.2, 0.25) is 0 Å². The molecule has 1 heterocycles. The molecule has 3 nitrogen and oxygen atoms in total. The number of halogens is 1. The molecule has 1 rings (SSSR count). The van der Waals surface area contributed by atoms with Crippen molar-refractivity contribution in [1.82, 2.24) is 14.0 Å². The van der Waals surface area contributed by atoms with Crippen molar-refractivity contribution < 1.29 is 0 Å². The molecule has 0 saturated carbocycles. The van der Waals surface area contributed by atoms with Crippen LogP contribution in [-0.4, -0.2) is 28.1 Å². The lowest BCUT2D eigenvalue weighted by Gasteiger charge is -2.22. The fourth-order valence-electron chi connectivity index (χ4n) is 0.605. The Hall–Kier alpha value is 0.110. The summed E-state index contributed by atoms with van der Waals surface area (Å²) in [6.45, 7) is 0. The first-order valence-corrected chi connectivity index (χ1v) is 6.63. The summed E-state index contributed by atoms with van der Waals surface area (Å²) in [5, 5.41) is 0. The molecule has 0 radical (unpaired) electrons. The Kier molecular flexibility index (Phi) is 2.70. The van der Waals surface area contributed by atoms with Gasteiger partial charge < -0.3 is 0 Å². The van der Waals surface area contributed by atoms with Gasteiger partial charge in [0, 0.05) is 12.4 Å². The number of imidazole rings is 1. The molecule has 0 aliphatic heterocycles. The lowest BCUT2D eigenvalue weighted by molar-refractivity contribution is 0.675. The zero-order valence-electron chi connectivity index (χ0n) is 6.31. The normalized spacial score (nSPS) is 16.7. The van der Waals surface area contributed by atoms with Crippen LogP contribution in [0.15, 0.2) is 18.7 Å². The largest absolute Gasteiger partial charge is 0.285 e. The van der Waals surface area contributed by atoms with Crippen LogP contribution >= 0.6 is 16.9 Å². The molecule has 1 atom stereocenters. The summed E-state index contributed by atoms with van der Waals surface area (Å²) >= 11 is 11.3. The van der Waals surface area contributed by atoms with Gasteiger partial charge in [-0.2, -0.15) is 0 Å². The van der Waals surface area contributed by atoms with E-state index in [2.05, 4.69) is 4.98 Å². The summed E-state index contributed by atoms with van der Waals surface area (Å²) in [6.07, 6.45) is 5.11. The highest BCUT2D eigenvalue weighted by Gasteiger charge is 2.16. The second kappa shape index (κ2) is 3.23. The molecule has 0 N–H and O–H groups in total. The minimum atomic E-state index is -2.08. The van der Waals surface area contributed by atoms with Crippen molar-refractivity contribution in [2.24, 2.45) is 0 Å². The highest BCUT2D eigenvalue weighted by molar-refractivity contribution is 8.25. The molecule has 0 fully saturated rings. The van der Waals surface area contributed by atoms with Gasteiger partial charge >= 0.3 is 0 Å². The second-order valence-electron chi connectivity index (χ2n) is 2.26. The SMILES string of the molecule is CN(C)P(=S)(Cl)n1ccnc1. The Balaban J connectivity index is 3.01. The summed E-state index contributed by atoms with van der Waals surface area (Å²) in [7, 11) is 3.74. The number of hydrogen-bond acceptors (Lipinski definition) is 2. The monoisotopic (exact) mass is 209 g/mol. The van der Waals surface area contributed by atoms with Crippen molar-refractivity contribution in [3.8, 4) is 0 Å². The van der Waals surface area contributed by atoms with E-state index in [0.29, 0.717) is 0 Å². The predicted molar refractivity (Wildman–Crippen MR) is 51.5 cm³/mol. The maximum Gasteiger partial charge on any atom is 0.192 e. The third kappa shape index (κ3) is 1.82. The Labute approximate surface area is 75.9 Å². The number of aromatic nitrogens is 2. The third-order valence-corrected chi connectivity index (χ3v) is 6.04. The van der Waals surface area contributed by atoms with E-state index in [1.165, 1.54) is 0 Å². The smallest absolute Gasteiger partial charge is 0.192 e. The van der Waals surface area contributed by atoms with E-state index in [0.717, 1.165) is 0 Å². The van der Waals surface area contributed by atoms with E-state index < -0.39 is 5.69 Å². The standard InChI is InChI=1S/C5H9ClN3PS/c1-8(2)10(6,11)9-4-3-7-5-9/h3-5H,1-2H3. The van der Waals surface area contributed by atoms with Crippen LogP contribution in [0.5, 0.6) is 0 Å². The Bertz CT molecular complexity index is 271. The topological polar surface area (TPSA) is 21.1 Å². The van der Waals surface area contributed by atoms with Crippen molar-refractivity contribution in [3.63, 3.8) is 0 Å². The number of nitrogens with zero attached hydrogens (tertiary/aromatic N) is 3. The van der Waals surface area contributed by atoms with Crippen molar-refractivity contribution in [3.05, 3.63) is 18.7 Å². The average Bonchev–Trinajstić information content (AvgIpc) is 2.37. The molecular formula is C5H9ClN3PS. The van der Waals surface area contributed by atoms with Crippen LogP contribution in [0, 0.1) is 0 Å². The summed E-state index contributed by atoms with van der Waals surface area (Å²) < 4.78 is 3.61. The second-order valence-corrected chi connectivity index (χ2v) is 8.01. The molecular weight excluding hydrogens is 201 g/mol. The first-order valence-electron chi connectivity index (χ1n) is 3.01. The Morgan fingerprint density at radius 3 is 2.64 bits per heavy atom. The minimum Gasteiger partial charge on any atom is -0.285 e. The summed E-state index contributed by atoms with van der Waals surface area (Å²) in [6, 6.07) is 0. The van der Waals surface area contributed by atoms with Crippen molar-refractivity contribution >= 4 is 28.7 Å². The molecule has 1 aromatic heterocycles. The van der Waals surface area contributed by atoms with Crippen LogP contribution in [-0.2, 0) is 11.8 Å². The summed E-state index contributed by atoms with van der Waals surface area (Å²) in [5.41, 5.74) is -2.08. The first-order chi connectivity index (χ1) is 5.05. The fraction of sp³-hybridized carbons (Fsp3) is 0.400. The van der Waals surface area contributed by atoms with Crippen LogP contribution < -0.4 is 0 Å². The third-order valence-electron chi connectivity index (χ3n) is 1.27. The van der Waals surface area contributed by atoms with E-state index in [-0.39, 0.29) is 0 Å². The molecule has 1 aromatic rings. The molecule has 0 spiro atoms. The Morgan fingerprint density at radius 1 is 1.64 bits per heavy atom. The molecule has 0 amide bonds. The highest BCUT2D eigenvalue weighted by Crippen LogP contribution is 2.53. The lowest BCUT2D eigenvalue weighted by Crippen LogP contribution is -2.08.